The van der Waals surface area contributed by atoms with Gasteiger partial charge in [0.2, 0.25) is 0 Å². The van der Waals surface area contributed by atoms with Gasteiger partial charge >= 0.3 is 0 Å². The molecule has 3 aromatic heterocycles. The fourth-order valence-corrected chi connectivity index (χ4v) is 3.22. The molecule has 0 fully saturated rings. The summed E-state index contributed by atoms with van der Waals surface area (Å²) < 4.78 is 1.59. The summed E-state index contributed by atoms with van der Waals surface area (Å²) in [5, 5.41) is 8.19. The second kappa shape index (κ2) is 5.84. The number of hydrogen-bond acceptors (Lipinski definition) is 5. The lowest BCUT2D eigenvalue weighted by Gasteiger charge is -2.13. The normalized spacial score (nSPS) is 12.5. The molecular weight excluding hydrogens is 298 g/mol. The molecule has 3 aromatic rings. The highest BCUT2D eigenvalue weighted by molar-refractivity contribution is 7.11. The summed E-state index contributed by atoms with van der Waals surface area (Å²) >= 11 is 1.63. The zero-order valence-corrected chi connectivity index (χ0v) is 13.5. The van der Waals surface area contributed by atoms with Gasteiger partial charge in [0.15, 0.2) is 11.3 Å². The molecule has 22 heavy (non-hydrogen) atoms. The predicted octanol–water partition coefficient (Wildman–Crippen LogP) is 2.68. The molecule has 0 bridgehead atoms. The van der Waals surface area contributed by atoms with Gasteiger partial charge in [0.25, 0.3) is 5.91 Å². The van der Waals surface area contributed by atoms with Crippen LogP contribution in [0.2, 0.25) is 0 Å². The number of aryl methyl sites for hydroxylation is 2. The number of nitrogens with zero attached hydrogens (tertiary/aromatic N) is 4. The quantitative estimate of drug-likeness (QED) is 0.803. The van der Waals surface area contributed by atoms with Crippen LogP contribution in [0.1, 0.15) is 45.5 Å². The van der Waals surface area contributed by atoms with Gasteiger partial charge in [-0.25, -0.2) is 14.5 Å². The lowest BCUT2D eigenvalue weighted by Crippen LogP contribution is -2.28. The van der Waals surface area contributed by atoms with E-state index in [-0.39, 0.29) is 11.9 Å². The number of thiazole rings is 1. The highest BCUT2D eigenvalue weighted by Gasteiger charge is 2.20. The molecule has 0 spiro atoms. The van der Waals surface area contributed by atoms with E-state index in [1.807, 2.05) is 20.8 Å². The Balaban J connectivity index is 1.82. The molecule has 0 aliphatic rings. The molecular formula is C15H17N5OS. The Morgan fingerprint density at radius 2 is 2.27 bits per heavy atom. The van der Waals surface area contributed by atoms with Crippen LogP contribution in [0.3, 0.4) is 0 Å². The van der Waals surface area contributed by atoms with Crippen molar-refractivity contribution in [2.45, 2.75) is 33.2 Å². The molecule has 0 saturated heterocycles. The highest BCUT2D eigenvalue weighted by atomic mass is 32.1. The van der Waals surface area contributed by atoms with Crippen molar-refractivity contribution in [1.29, 1.82) is 0 Å². The van der Waals surface area contributed by atoms with E-state index < -0.39 is 0 Å². The summed E-state index contributed by atoms with van der Waals surface area (Å²) in [5.74, 6) is -0.206. The van der Waals surface area contributed by atoms with Gasteiger partial charge < -0.3 is 5.32 Å². The third-order valence-corrected chi connectivity index (χ3v) is 4.71. The van der Waals surface area contributed by atoms with Crippen molar-refractivity contribution >= 4 is 22.9 Å². The zero-order chi connectivity index (χ0) is 15.7. The lowest BCUT2D eigenvalue weighted by molar-refractivity contribution is 0.0930. The smallest absolute Gasteiger partial charge is 0.272 e. The summed E-state index contributed by atoms with van der Waals surface area (Å²) in [4.78, 5) is 22.3. The van der Waals surface area contributed by atoms with Gasteiger partial charge in [0, 0.05) is 23.3 Å². The zero-order valence-electron chi connectivity index (χ0n) is 12.7. The summed E-state index contributed by atoms with van der Waals surface area (Å²) in [7, 11) is 0. The molecule has 0 aliphatic carbocycles. The molecule has 0 aromatic carbocycles. The average Bonchev–Trinajstić information content (AvgIpc) is 3.08. The molecule has 3 rings (SSSR count). The maximum absolute atomic E-state index is 12.4. The fraction of sp³-hybridized carbons (Fsp3) is 0.333. The van der Waals surface area contributed by atoms with Crippen LogP contribution in [0.4, 0.5) is 0 Å². The molecule has 114 valence electrons. The second-order valence-electron chi connectivity index (χ2n) is 5.08. The number of hydrogen-bond donors (Lipinski definition) is 1. The van der Waals surface area contributed by atoms with Gasteiger partial charge in [0.1, 0.15) is 5.01 Å². The lowest BCUT2D eigenvalue weighted by atomic mass is 10.2. The standard InChI is InChI=1S/C15H17N5OS/c1-4-11(15-17-9(2)10(3)22-15)18-14(21)12-8-13-16-6-5-7-20(13)19-12/h5-8,11H,4H2,1-3H3,(H,18,21). The summed E-state index contributed by atoms with van der Waals surface area (Å²) in [6, 6.07) is 3.36. The van der Waals surface area contributed by atoms with E-state index in [9.17, 15) is 4.79 Å². The van der Waals surface area contributed by atoms with Gasteiger partial charge in [-0.05, 0) is 26.3 Å². The fourth-order valence-electron chi connectivity index (χ4n) is 2.16. The first kappa shape index (κ1) is 14.6. The minimum absolute atomic E-state index is 0.0947. The number of carbonyl (C=O) groups is 1. The molecule has 6 nitrogen and oxygen atoms in total. The number of amides is 1. The molecule has 3 heterocycles. The Bertz CT molecular complexity index is 770. The van der Waals surface area contributed by atoms with Crippen LogP contribution in [0, 0.1) is 13.8 Å². The van der Waals surface area contributed by atoms with Crippen molar-refractivity contribution < 1.29 is 4.79 Å². The molecule has 1 atom stereocenters. The topological polar surface area (TPSA) is 72.2 Å². The minimum atomic E-state index is -0.206. The maximum atomic E-state index is 12.4. The maximum Gasteiger partial charge on any atom is 0.272 e. The van der Waals surface area contributed by atoms with Crippen LogP contribution in [0.5, 0.6) is 0 Å². The van der Waals surface area contributed by atoms with E-state index in [2.05, 4.69) is 20.4 Å². The first-order valence-corrected chi connectivity index (χ1v) is 7.95. The Morgan fingerprint density at radius 1 is 1.45 bits per heavy atom. The Morgan fingerprint density at radius 3 is 2.91 bits per heavy atom. The van der Waals surface area contributed by atoms with Gasteiger partial charge in [0.05, 0.1) is 11.7 Å². The minimum Gasteiger partial charge on any atom is -0.341 e. The SMILES string of the molecule is CCC(NC(=O)c1cc2ncccn2n1)c1nc(C)c(C)s1. The van der Waals surface area contributed by atoms with Crippen molar-refractivity contribution in [3.8, 4) is 0 Å². The molecule has 1 unspecified atom stereocenters. The molecule has 0 radical (unpaired) electrons. The van der Waals surface area contributed by atoms with Crippen LogP contribution >= 0.6 is 11.3 Å². The highest BCUT2D eigenvalue weighted by Crippen LogP contribution is 2.25. The number of carbonyl (C=O) groups excluding carboxylic acids is 1. The number of nitrogens with one attached hydrogen (secondary N) is 1. The Labute approximate surface area is 132 Å². The molecule has 0 aliphatic heterocycles. The van der Waals surface area contributed by atoms with Crippen molar-refractivity contribution in [1.82, 2.24) is 24.9 Å². The van der Waals surface area contributed by atoms with E-state index in [4.69, 9.17) is 0 Å². The summed E-state index contributed by atoms with van der Waals surface area (Å²) in [6.07, 6.45) is 4.22. The number of aromatic nitrogens is 4. The molecule has 1 amide bonds. The van der Waals surface area contributed by atoms with Crippen LogP contribution < -0.4 is 5.32 Å². The van der Waals surface area contributed by atoms with Crippen molar-refractivity contribution in [3.63, 3.8) is 0 Å². The molecule has 1 N–H and O–H groups in total. The average molecular weight is 315 g/mol. The van der Waals surface area contributed by atoms with E-state index in [0.717, 1.165) is 17.1 Å². The van der Waals surface area contributed by atoms with Crippen LogP contribution in [0.25, 0.3) is 5.65 Å². The summed E-state index contributed by atoms with van der Waals surface area (Å²) in [6.45, 7) is 6.05. The van der Waals surface area contributed by atoms with Crippen molar-refractivity contribution in [2.75, 3.05) is 0 Å². The Hall–Kier alpha value is -2.28. The summed E-state index contributed by atoms with van der Waals surface area (Å²) in [5.41, 5.74) is 2.04. The van der Waals surface area contributed by atoms with Gasteiger partial charge in [-0.2, -0.15) is 5.10 Å². The van der Waals surface area contributed by atoms with Crippen molar-refractivity contribution in [3.05, 3.63) is 45.8 Å². The first-order valence-electron chi connectivity index (χ1n) is 7.13. The van der Waals surface area contributed by atoms with Gasteiger partial charge in [-0.3, -0.25) is 4.79 Å². The number of fused-ring (bicyclic) bond motifs is 1. The molecule has 7 heteroatoms. The second-order valence-corrected chi connectivity index (χ2v) is 6.31. The van der Waals surface area contributed by atoms with E-state index in [1.54, 1.807) is 40.4 Å². The van der Waals surface area contributed by atoms with Crippen LogP contribution in [0.15, 0.2) is 24.5 Å². The van der Waals surface area contributed by atoms with Crippen LogP contribution in [-0.2, 0) is 0 Å². The van der Waals surface area contributed by atoms with Crippen molar-refractivity contribution in [2.24, 2.45) is 0 Å². The van der Waals surface area contributed by atoms with Crippen LogP contribution in [-0.4, -0.2) is 25.5 Å². The Kier molecular flexibility index (Phi) is 3.89. The van der Waals surface area contributed by atoms with Gasteiger partial charge in [-0.15, -0.1) is 11.3 Å². The van der Waals surface area contributed by atoms with E-state index in [1.165, 1.54) is 4.88 Å². The third kappa shape index (κ3) is 2.71. The third-order valence-electron chi connectivity index (χ3n) is 3.53. The first-order chi connectivity index (χ1) is 10.6. The van der Waals surface area contributed by atoms with E-state index in [0.29, 0.717) is 11.3 Å². The van der Waals surface area contributed by atoms with E-state index >= 15 is 0 Å². The predicted molar refractivity (Wildman–Crippen MR) is 85.1 cm³/mol. The van der Waals surface area contributed by atoms with Gasteiger partial charge in [-0.1, -0.05) is 6.92 Å². The largest absolute Gasteiger partial charge is 0.341 e. The molecule has 0 saturated carbocycles. The number of rotatable bonds is 4. The monoisotopic (exact) mass is 315 g/mol.